The Kier molecular flexibility index (Phi) is 5.54. The fourth-order valence-electron chi connectivity index (χ4n) is 2.45. The second-order valence-electron chi connectivity index (χ2n) is 5.55. The second-order valence-corrected chi connectivity index (χ2v) is 7.63. The van der Waals surface area contributed by atoms with Gasteiger partial charge in [-0.25, -0.2) is 0 Å². The van der Waals surface area contributed by atoms with Gasteiger partial charge in [0.15, 0.2) is 0 Å². The number of aliphatic hydroxyl groups is 1. The standard InChI is InChI=1S/C17H14Cl2N2O3S/c18-11-6-10(7-12(19)8-11)15(22)20-13-3-1-9(2-4-13)5-14-16(23)21-17(24)25-14/h1-4,6-8,14,16,23H,5H2,(H,20,22)(H,21,24). The summed E-state index contributed by atoms with van der Waals surface area (Å²) >= 11 is 12.9. The van der Waals surface area contributed by atoms with Crippen LogP contribution < -0.4 is 10.6 Å². The van der Waals surface area contributed by atoms with Gasteiger partial charge in [-0.3, -0.25) is 9.59 Å². The van der Waals surface area contributed by atoms with Crippen molar-refractivity contribution in [3.8, 4) is 0 Å². The average molecular weight is 397 g/mol. The highest BCUT2D eigenvalue weighted by Crippen LogP contribution is 2.26. The number of hydrogen-bond donors (Lipinski definition) is 3. The van der Waals surface area contributed by atoms with E-state index in [2.05, 4.69) is 10.6 Å². The molecule has 130 valence electrons. The molecule has 2 amide bonds. The molecule has 1 aliphatic rings. The van der Waals surface area contributed by atoms with E-state index in [-0.39, 0.29) is 16.4 Å². The van der Waals surface area contributed by atoms with Gasteiger partial charge >= 0.3 is 0 Å². The van der Waals surface area contributed by atoms with Gasteiger partial charge in [0.05, 0.1) is 5.25 Å². The second kappa shape index (κ2) is 7.66. The first-order valence-electron chi connectivity index (χ1n) is 7.42. The summed E-state index contributed by atoms with van der Waals surface area (Å²) in [5.74, 6) is -0.311. The third kappa shape index (κ3) is 4.67. The largest absolute Gasteiger partial charge is 0.372 e. The molecule has 1 saturated heterocycles. The van der Waals surface area contributed by atoms with Gasteiger partial charge in [0.1, 0.15) is 6.23 Å². The minimum atomic E-state index is -0.843. The zero-order valence-electron chi connectivity index (χ0n) is 12.8. The number of nitrogens with one attached hydrogen (secondary N) is 2. The third-order valence-corrected chi connectivity index (χ3v) is 5.15. The molecule has 0 spiro atoms. The summed E-state index contributed by atoms with van der Waals surface area (Å²) in [6.07, 6.45) is -0.299. The number of benzene rings is 2. The molecule has 1 fully saturated rings. The number of anilines is 1. The number of halogens is 2. The van der Waals surface area contributed by atoms with Crippen molar-refractivity contribution in [2.24, 2.45) is 0 Å². The van der Waals surface area contributed by atoms with Crippen LogP contribution in [0.5, 0.6) is 0 Å². The Bertz CT molecular complexity index is 794. The maximum Gasteiger partial charge on any atom is 0.281 e. The van der Waals surface area contributed by atoms with E-state index in [1.54, 1.807) is 30.3 Å². The predicted octanol–water partition coefficient (Wildman–Crippen LogP) is 3.93. The molecule has 25 heavy (non-hydrogen) atoms. The monoisotopic (exact) mass is 396 g/mol. The fourth-order valence-corrected chi connectivity index (χ4v) is 3.91. The van der Waals surface area contributed by atoms with Crippen LogP contribution in [0.4, 0.5) is 10.5 Å². The molecule has 2 unspecified atom stereocenters. The number of rotatable bonds is 4. The first kappa shape index (κ1) is 18.1. The molecular weight excluding hydrogens is 383 g/mol. The van der Waals surface area contributed by atoms with E-state index in [9.17, 15) is 14.7 Å². The van der Waals surface area contributed by atoms with E-state index in [1.165, 1.54) is 0 Å². The molecule has 2 aromatic rings. The Morgan fingerprint density at radius 2 is 1.80 bits per heavy atom. The van der Waals surface area contributed by atoms with Crippen LogP contribution >= 0.6 is 35.0 Å². The van der Waals surface area contributed by atoms with Gasteiger partial charge in [-0.1, -0.05) is 47.1 Å². The lowest BCUT2D eigenvalue weighted by molar-refractivity contribution is 0.102. The third-order valence-electron chi connectivity index (χ3n) is 3.65. The summed E-state index contributed by atoms with van der Waals surface area (Å²) in [6.45, 7) is 0. The highest BCUT2D eigenvalue weighted by atomic mass is 35.5. The van der Waals surface area contributed by atoms with Crippen molar-refractivity contribution >= 4 is 51.8 Å². The number of carbonyl (C=O) groups excluding carboxylic acids is 2. The Morgan fingerprint density at radius 3 is 2.36 bits per heavy atom. The van der Waals surface area contributed by atoms with Crippen LogP contribution in [-0.4, -0.2) is 27.7 Å². The van der Waals surface area contributed by atoms with Crippen molar-refractivity contribution < 1.29 is 14.7 Å². The fraction of sp³-hybridized carbons (Fsp3) is 0.176. The molecule has 1 aliphatic heterocycles. The quantitative estimate of drug-likeness (QED) is 0.731. The molecule has 5 nitrogen and oxygen atoms in total. The van der Waals surface area contributed by atoms with E-state index < -0.39 is 6.23 Å². The molecule has 3 rings (SSSR count). The Hall–Kier alpha value is -1.73. The van der Waals surface area contributed by atoms with E-state index >= 15 is 0 Å². The maximum absolute atomic E-state index is 12.3. The zero-order valence-corrected chi connectivity index (χ0v) is 15.2. The van der Waals surface area contributed by atoms with Crippen LogP contribution in [0.2, 0.25) is 10.0 Å². The van der Waals surface area contributed by atoms with Gasteiger partial charge in [-0.15, -0.1) is 0 Å². The number of amides is 2. The first-order chi connectivity index (χ1) is 11.9. The summed E-state index contributed by atoms with van der Waals surface area (Å²) in [5, 5.41) is 15.3. The van der Waals surface area contributed by atoms with Gasteiger partial charge < -0.3 is 15.7 Å². The molecule has 8 heteroatoms. The lowest BCUT2D eigenvalue weighted by Gasteiger charge is -2.12. The van der Waals surface area contributed by atoms with Crippen LogP contribution in [0.15, 0.2) is 42.5 Å². The van der Waals surface area contributed by atoms with E-state index in [0.717, 1.165) is 17.3 Å². The summed E-state index contributed by atoms with van der Waals surface area (Å²) in [5.41, 5.74) is 1.95. The molecule has 0 aliphatic carbocycles. The molecule has 0 saturated carbocycles. The molecule has 2 atom stereocenters. The van der Waals surface area contributed by atoms with Crippen molar-refractivity contribution in [3.63, 3.8) is 0 Å². The summed E-state index contributed by atoms with van der Waals surface area (Å²) in [6, 6.07) is 11.9. The van der Waals surface area contributed by atoms with Crippen LogP contribution in [0.3, 0.4) is 0 Å². The van der Waals surface area contributed by atoms with Crippen molar-refractivity contribution in [2.45, 2.75) is 17.9 Å². The van der Waals surface area contributed by atoms with Gasteiger partial charge in [0, 0.05) is 21.3 Å². The Balaban J connectivity index is 1.64. The zero-order chi connectivity index (χ0) is 18.0. The molecule has 1 heterocycles. The summed E-state index contributed by atoms with van der Waals surface area (Å²) in [4.78, 5) is 23.5. The van der Waals surface area contributed by atoms with Crippen LogP contribution in [0.1, 0.15) is 15.9 Å². The van der Waals surface area contributed by atoms with Gasteiger partial charge in [0.25, 0.3) is 11.1 Å². The minimum absolute atomic E-state index is 0.221. The van der Waals surface area contributed by atoms with Crippen molar-refractivity contribution in [2.75, 3.05) is 5.32 Å². The van der Waals surface area contributed by atoms with E-state index in [0.29, 0.717) is 27.7 Å². The van der Waals surface area contributed by atoms with Gasteiger partial charge in [0.2, 0.25) is 0 Å². The molecule has 2 aromatic carbocycles. The maximum atomic E-state index is 12.3. The predicted molar refractivity (Wildman–Crippen MR) is 100 cm³/mol. The highest BCUT2D eigenvalue weighted by molar-refractivity contribution is 8.14. The molecule has 0 aromatic heterocycles. The number of carbonyl (C=O) groups is 2. The average Bonchev–Trinajstić information content (AvgIpc) is 2.86. The number of thioether (sulfide) groups is 1. The Morgan fingerprint density at radius 1 is 1.16 bits per heavy atom. The van der Waals surface area contributed by atoms with Crippen molar-refractivity contribution in [3.05, 3.63) is 63.6 Å². The van der Waals surface area contributed by atoms with Crippen LogP contribution in [0, 0.1) is 0 Å². The van der Waals surface area contributed by atoms with Gasteiger partial charge in [-0.05, 0) is 42.3 Å². The highest BCUT2D eigenvalue weighted by Gasteiger charge is 2.31. The first-order valence-corrected chi connectivity index (χ1v) is 9.06. The molecule has 0 bridgehead atoms. The Labute approximate surface area is 158 Å². The van der Waals surface area contributed by atoms with E-state index in [4.69, 9.17) is 23.2 Å². The lowest BCUT2D eigenvalue weighted by atomic mass is 10.1. The molecular formula is C17H14Cl2N2O3S. The molecule has 3 N–H and O–H groups in total. The smallest absolute Gasteiger partial charge is 0.281 e. The lowest BCUT2D eigenvalue weighted by Crippen LogP contribution is -2.31. The molecule has 0 radical (unpaired) electrons. The minimum Gasteiger partial charge on any atom is -0.372 e. The summed E-state index contributed by atoms with van der Waals surface area (Å²) in [7, 11) is 0. The van der Waals surface area contributed by atoms with Crippen LogP contribution in [0.25, 0.3) is 0 Å². The SMILES string of the molecule is O=C1NC(O)C(Cc2ccc(NC(=O)c3cc(Cl)cc(Cl)c3)cc2)S1. The van der Waals surface area contributed by atoms with Gasteiger partial charge in [-0.2, -0.15) is 0 Å². The normalized spacial score (nSPS) is 19.6. The number of aliphatic hydroxyl groups excluding tert-OH is 1. The van der Waals surface area contributed by atoms with Crippen molar-refractivity contribution in [1.82, 2.24) is 5.32 Å². The topological polar surface area (TPSA) is 78.4 Å². The summed E-state index contributed by atoms with van der Waals surface area (Å²) < 4.78 is 0. The van der Waals surface area contributed by atoms with Crippen molar-refractivity contribution in [1.29, 1.82) is 0 Å². The van der Waals surface area contributed by atoms with E-state index in [1.807, 2.05) is 12.1 Å². The number of hydrogen-bond acceptors (Lipinski definition) is 4. The van der Waals surface area contributed by atoms with Crippen LogP contribution in [-0.2, 0) is 6.42 Å².